The van der Waals surface area contributed by atoms with Gasteiger partial charge in [0.1, 0.15) is 18.2 Å². The summed E-state index contributed by atoms with van der Waals surface area (Å²) in [5.41, 5.74) is 2.64. The van der Waals surface area contributed by atoms with Gasteiger partial charge in [0.2, 0.25) is 5.88 Å². The molecule has 3 aromatic rings. The lowest BCUT2D eigenvalue weighted by Crippen LogP contribution is -2.36. The standard InChI is InChI=1S/C25H24F2IN4O6P/c1-15-14-29-21(30-24(33)16-2-3-19-20(10-16)38-25(26,27)37-19)13-18(15)17-11-22(32-4-6-34-7-5-32)31-23(12-17)35-8-9-36-39-28/h2-3,10-14,39H,4-9H2,1H3,(H,29,30,33). The van der Waals surface area contributed by atoms with Crippen LogP contribution in [0, 0.1) is 6.92 Å². The van der Waals surface area contributed by atoms with Gasteiger partial charge in [-0.25, -0.2) is 4.98 Å². The van der Waals surface area contributed by atoms with Crippen LogP contribution in [0.1, 0.15) is 15.9 Å². The molecule has 14 heteroatoms. The highest BCUT2D eigenvalue weighted by Gasteiger charge is 2.43. The molecule has 0 radical (unpaired) electrons. The summed E-state index contributed by atoms with van der Waals surface area (Å²) < 4.78 is 52.3. The normalized spacial score (nSPS) is 16.1. The summed E-state index contributed by atoms with van der Waals surface area (Å²) in [6.07, 6.45) is -2.11. The lowest BCUT2D eigenvalue weighted by Gasteiger charge is -2.28. The minimum absolute atomic E-state index is 0.113. The quantitative estimate of drug-likeness (QED) is 0.187. The van der Waals surface area contributed by atoms with Crippen LogP contribution in [0.5, 0.6) is 17.4 Å². The zero-order valence-corrected chi connectivity index (χ0v) is 23.9. The summed E-state index contributed by atoms with van der Waals surface area (Å²) in [4.78, 5) is 24.1. The summed E-state index contributed by atoms with van der Waals surface area (Å²) in [7, 11) is 0. The maximum Gasteiger partial charge on any atom is 0.586 e. The van der Waals surface area contributed by atoms with E-state index < -0.39 is 12.2 Å². The van der Waals surface area contributed by atoms with Crippen molar-refractivity contribution in [2.45, 2.75) is 13.2 Å². The van der Waals surface area contributed by atoms with Crippen molar-refractivity contribution in [3.63, 3.8) is 0 Å². The molecule has 1 unspecified atom stereocenters. The number of aromatic nitrogens is 2. The predicted molar refractivity (Wildman–Crippen MR) is 150 cm³/mol. The van der Waals surface area contributed by atoms with Gasteiger partial charge >= 0.3 is 6.29 Å². The highest BCUT2D eigenvalue weighted by Crippen LogP contribution is 2.41. The fourth-order valence-electron chi connectivity index (χ4n) is 4.08. The SMILES string of the molecule is Cc1cnc(NC(=O)c2ccc3c(c2)OC(F)(F)O3)cc1-c1cc(OCCOPI)nc(N2CCOCC2)c1. The van der Waals surface area contributed by atoms with E-state index in [-0.39, 0.29) is 22.9 Å². The Hall–Kier alpha value is -2.87. The first-order valence-corrected chi connectivity index (χ1v) is 16.0. The number of morpholine rings is 1. The van der Waals surface area contributed by atoms with Gasteiger partial charge in [0.25, 0.3) is 5.91 Å². The van der Waals surface area contributed by atoms with Crippen LogP contribution in [0.25, 0.3) is 11.1 Å². The number of benzene rings is 1. The first-order chi connectivity index (χ1) is 18.8. The van der Waals surface area contributed by atoms with Crippen molar-refractivity contribution in [3.05, 3.63) is 53.7 Å². The van der Waals surface area contributed by atoms with Gasteiger partial charge in [0.15, 0.2) is 11.5 Å². The third-order valence-corrected chi connectivity index (χ3v) is 7.18. The summed E-state index contributed by atoms with van der Waals surface area (Å²) in [5.74, 6) is 0.597. The molecule has 1 saturated heterocycles. The van der Waals surface area contributed by atoms with E-state index in [0.717, 1.165) is 22.5 Å². The van der Waals surface area contributed by atoms with E-state index in [1.54, 1.807) is 12.3 Å². The molecule has 5 rings (SSSR count). The molecule has 1 aromatic carbocycles. The molecular weight excluding hydrogens is 648 g/mol. The van der Waals surface area contributed by atoms with Gasteiger partial charge in [-0.1, -0.05) is 0 Å². The lowest BCUT2D eigenvalue weighted by molar-refractivity contribution is -0.286. The number of hydrogen-bond acceptors (Lipinski definition) is 9. The second kappa shape index (κ2) is 12.1. The average Bonchev–Trinajstić information content (AvgIpc) is 3.25. The van der Waals surface area contributed by atoms with Crippen molar-refractivity contribution < 1.29 is 37.0 Å². The Morgan fingerprint density at radius 3 is 2.74 bits per heavy atom. The molecule has 2 aromatic heterocycles. The molecule has 4 heterocycles. The number of nitrogens with one attached hydrogen (secondary N) is 1. The van der Waals surface area contributed by atoms with Gasteiger partial charge in [0.05, 0.1) is 26.3 Å². The molecule has 0 saturated carbocycles. The van der Waals surface area contributed by atoms with E-state index in [9.17, 15) is 13.6 Å². The Kier molecular flexibility index (Phi) is 8.60. The second-order valence-corrected chi connectivity index (χ2v) is 10.4. The van der Waals surface area contributed by atoms with Crippen LogP contribution in [0.3, 0.4) is 0 Å². The first-order valence-electron chi connectivity index (χ1n) is 11.9. The lowest BCUT2D eigenvalue weighted by atomic mass is 10.0. The molecule has 2 aliphatic rings. The van der Waals surface area contributed by atoms with Crippen LogP contribution in [0.4, 0.5) is 20.4 Å². The molecule has 10 nitrogen and oxygen atoms in total. The largest absolute Gasteiger partial charge is 0.586 e. The van der Waals surface area contributed by atoms with E-state index in [4.69, 9.17) is 19.0 Å². The summed E-state index contributed by atoms with van der Waals surface area (Å²) in [6, 6.07) is 9.38. The molecule has 1 atom stereocenters. The van der Waals surface area contributed by atoms with Crippen molar-refractivity contribution in [1.82, 2.24) is 9.97 Å². The van der Waals surface area contributed by atoms with Gasteiger partial charge < -0.3 is 33.7 Å². The monoisotopic (exact) mass is 672 g/mol. The van der Waals surface area contributed by atoms with Gasteiger partial charge in [-0.3, -0.25) is 4.79 Å². The van der Waals surface area contributed by atoms with Gasteiger partial charge in [-0.15, -0.1) is 8.78 Å². The van der Waals surface area contributed by atoms with E-state index in [2.05, 4.69) is 46.7 Å². The fourth-order valence-corrected chi connectivity index (χ4v) is 4.90. The number of pyridine rings is 2. The number of aryl methyl sites for hydroxylation is 1. The Balaban J connectivity index is 1.40. The van der Waals surface area contributed by atoms with Crippen molar-refractivity contribution in [3.8, 4) is 28.5 Å². The molecule has 206 valence electrons. The van der Waals surface area contributed by atoms with Crippen LogP contribution < -0.4 is 24.4 Å². The van der Waals surface area contributed by atoms with Crippen LogP contribution in [-0.4, -0.2) is 61.7 Å². The number of anilines is 2. The van der Waals surface area contributed by atoms with Gasteiger partial charge in [-0.05, 0) is 76.0 Å². The molecule has 2 aliphatic heterocycles. The topological polar surface area (TPSA) is 104 Å². The number of carbonyl (C=O) groups is 1. The molecule has 0 aliphatic carbocycles. The van der Waals surface area contributed by atoms with Crippen molar-refractivity contribution >= 4 is 46.0 Å². The maximum absolute atomic E-state index is 13.4. The number of rotatable bonds is 9. The number of fused-ring (bicyclic) bond motifs is 1. The van der Waals surface area contributed by atoms with Crippen molar-refractivity contribution in [1.29, 1.82) is 0 Å². The fraction of sp³-hybridized carbons (Fsp3) is 0.320. The van der Waals surface area contributed by atoms with Crippen LogP contribution in [-0.2, 0) is 9.26 Å². The van der Waals surface area contributed by atoms with E-state index in [1.807, 2.05) is 19.1 Å². The Bertz CT molecular complexity index is 1360. The number of alkyl halides is 2. The number of halogens is 3. The smallest absolute Gasteiger partial charge is 0.475 e. The number of nitrogens with zero attached hydrogens (tertiary/aromatic N) is 3. The Labute approximate surface area is 237 Å². The molecule has 1 amide bonds. The average molecular weight is 672 g/mol. The van der Waals surface area contributed by atoms with E-state index >= 15 is 0 Å². The Morgan fingerprint density at radius 2 is 1.95 bits per heavy atom. The molecule has 39 heavy (non-hydrogen) atoms. The number of carbonyl (C=O) groups excluding carboxylic acids is 1. The molecule has 1 N–H and O–H groups in total. The first kappa shape index (κ1) is 27.7. The third kappa shape index (κ3) is 6.83. The second-order valence-electron chi connectivity index (χ2n) is 8.59. The summed E-state index contributed by atoms with van der Waals surface area (Å²) >= 11 is 2.15. The van der Waals surface area contributed by atoms with E-state index in [1.165, 1.54) is 18.2 Å². The minimum Gasteiger partial charge on any atom is -0.475 e. The van der Waals surface area contributed by atoms with Gasteiger partial charge in [-0.2, -0.15) is 4.98 Å². The summed E-state index contributed by atoms with van der Waals surface area (Å²) in [6.45, 7) is 5.67. The molecule has 0 bridgehead atoms. The van der Waals surface area contributed by atoms with Crippen molar-refractivity contribution in [2.75, 3.05) is 49.7 Å². The maximum atomic E-state index is 13.4. The van der Waals surface area contributed by atoms with Gasteiger partial charge in [0, 0.05) is 30.9 Å². The number of amides is 1. The van der Waals surface area contributed by atoms with Crippen LogP contribution in [0.2, 0.25) is 0 Å². The molecular formula is C25H24F2IN4O6P. The zero-order valence-electron chi connectivity index (χ0n) is 20.7. The van der Waals surface area contributed by atoms with Crippen LogP contribution >= 0.6 is 28.5 Å². The predicted octanol–water partition coefficient (Wildman–Crippen LogP) is 5.20. The van der Waals surface area contributed by atoms with E-state index in [0.29, 0.717) is 51.8 Å². The third-order valence-electron chi connectivity index (χ3n) is 5.93. The minimum atomic E-state index is -3.76. The number of ether oxygens (including phenoxy) is 4. The zero-order chi connectivity index (χ0) is 27.4. The Morgan fingerprint density at radius 1 is 1.15 bits per heavy atom. The molecule has 0 spiro atoms. The summed E-state index contributed by atoms with van der Waals surface area (Å²) in [5, 5.41) is 2.72. The van der Waals surface area contributed by atoms with Crippen LogP contribution in [0.15, 0.2) is 42.6 Å². The van der Waals surface area contributed by atoms with Crippen molar-refractivity contribution in [2.24, 2.45) is 0 Å². The highest BCUT2D eigenvalue weighted by molar-refractivity contribution is 14.2. The number of hydrogen-bond donors (Lipinski definition) is 1. The highest BCUT2D eigenvalue weighted by atomic mass is 127. The molecule has 1 fully saturated rings.